The van der Waals surface area contributed by atoms with Crippen LogP contribution >= 0.6 is 0 Å². The van der Waals surface area contributed by atoms with Crippen LogP contribution in [-0.2, 0) is 19.4 Å². The molecule has 0 spiro atoms. The monoisotopic (exact) mass is 286 g/mol. The number of fused-ring (bicyclic) bond motifs is 1. The number of nitrogens with one attached hydrogen (secondary N) is 1. The smallest absolute Gasteiger partial charge is 0.305 e. The fourth-order valence-electron chi connectivity index (χ4n) is 2.72. The number of rotatable bonds is 4. The van der Waals surface area contributed by atoms with Gasteiger partial charge in [-0.3, -0.25) is 10.1 Å². The van der Waals surface area contributed by atoms with Crippen molar-refractivity contribution in [2.75, 3.05) is 5.32 Å². The highest BCUT2D eigenvalue weighted by atomic mass is 19.1. The molecule has 0 unspecified atom stereocenters. The Balaban J connectivity index is 1.76. The molecular formula is C16H15FN2O2. The molecule has 3 rings (SSSR count). The van der Waals surface area contributed by atoms with Crippen LogP contribution in [-0.4, -0.2) is 4.92 Å². The molecule has 5 heteroatoms. The average Bonchev–Trinajstić information content (AvgIpc) is 2.93. The molecule has 0 amide bonds. The number of nitro groups is 1. The minimum absolute atomic E-state index is 0.228. The lowest BCUT2D eigenvalue weighted by Crippen LogP contribution is -2.04. The van der Waals surface area contributed by atoms with E-state index in [9.17, 15) is 14.5 Å². The Morgan fingerprint density at radius 1 is 1.19 bits per heavy atom. The van der Waals surface area contributed by atoms with Gasteiger partial charge in [0, 0.05) is 23.9 Å². The normalized spacial score (nSPS) is 13.0. The van der Waals surface area contributed by atoms with Gasteiger partial charge < -0.3 is 5.32 Å². The number of nitrogens with zero attached hydrogens (tertiary/aromatic N) is 1. The van der Waals surface area contributed by atoms with Gasteiger partial charge in [0.05, 0.1) is 4.92 Å². The molecule has 0 bridgehead atoms. The van der Waals surface area contributed by atoms with E-state index >= 15 is 0 Å². The van der Waals surface area contributed by atoms with Crippen LogP contribution in [0.4, 0.5) is 15.8 Å². The minimum atomic E-state index is -0.767. The van der Waals surface area contributed by atoms with E-state index in [2.05, 4.69) is 17.4 Å². The standard InChI is InChI=1S/C16H15FN2O2/c17-16-13(5-2-6-15(16)19(20)21)10-18-14-8-7-11-3-1-4-12(11)9-14/h2,5-9,18H,1,3-4,10H2. The van der Waals surface area contributed by atoms with E-state index in [1.54, 1.807) is 6.07 Å². The molecule has 0 atom stereocenters. The molecule has 108 valence electrons. The second kappa shape index (κ2) is 5.52. The summed E-state index contributed by atoms with van der Waals surface area (Å²) in [6, 6.07) is 10.4. The van der Waals surface area contributed by atoms with Crippen molar-refractivity contribution in [2.45, 2.75) is 25.8 Å². The van der Waals surface area contributed by atoms with Gasteiger partial charge in [-0.2, -0.15) is 4.39 Å². The lowest BCUT2D eigenvalue weighted by Gasteiger charge is -2.09. The lowest BCUT2D eigenvalue weighted by molar-refractivity contribution is -0.387. The van der Waals surface area contributed by atoms with Gasteiger partial charge in [-0.05, 0) is 42.5 Å². The Kier molecular flexibility index (Phi) is 3.56. The highest BCUT2D eigenvalue weighted by molar-refractivity contribution is 5.51. The van der Waals surface area contributed by atoms with Crippen molar-refractivity contribution in [1.29, 1.82) is 0 Å². The van der Waals surface area contributed by atoms with Crippen LogP contribution in [0.15, 0.2) is 36.4 Å². The molecule has 1 N–H and O–H groups in total. The van der Waals surface area contributed by atoms with Crippen LogP contribution < -0.4 is 5.32 Å². The first-order chi connectivity index (χ1) is 10.1. The summed E-state index contributed by atoms with van der Waals surface area (Å²) >= 11 is 0. The third kappa shape index (κ3) is 2.72. The van der Waals surface area contributed by atoms with Gasteiger partial charge in [-0.25, -0.2) is 0 Å². The molecule has 0 saturated heterocycles. The summed E-state index contributed by atoms with van der Waals surface area (Å²) in [5, 5.41) is 13.9. The Morgan fingerprint density at radius 3 is 2.81 bits per heavy atom. The molecule has 0 heterocycles. The molecule has 0 saturated carbocycles. The van der Waals surface area contributed by atoms with Crippen molar-refractivity contribution in [3.63, 3.8) is 0 Å². The molecule has 0 fully saturated rings. The van der Waals surface area contributed by atoms with E-state index in [0.29, 0.717) is 5.56 Å². The molecule has 0 aromatic heterocycles. The van der Waals surface area contributed by atoms with Gasteiger partial charge in [0.15, 0.2) is 0 Å². The SMILES string of the molecule is O=[N+]([O-])c1cccc(CNc2ccc3c(c2)CCC3)c1F. The van der Waals surface area contributed by atoms with Crippen molar-refractivity contribution in [1.82, 2.24) is 0 Å². The molecule has 2 aromatic carbocycles. The second-order valence-corrected chi connectivity index (χ2v) is 5.20. The Morgan fingerprint density at radius 2 is 2.00 bits per heavy atom. The summed E-state index contributed by atoms with van der Waals surface area (Å²) < 4.78 is 14.0. The largest absolute Gasteiger partial charge is 0.381 e. The molecule has 0 aliphatic heterocycles. The summed E-state index contributed by atoms with van der Waals surface area (Å²) in [5.74, 6) is -0.767. The summed E-state index contributed by atoms with van der Waals surface area (Å²) in [4.78, 5) is 10.0. The van der Waals surface area contributed by atoms with Gasteiger partial charge in [0.25, 0.3) is 0 Å². The minimum Gasteiger partial charge on any atom is -0.381 e. The number of halogens is 1. The third-order valence-electron chi connectivity index (χ3n) is 3.84. The predicted octanol–water partition coefficient (Wildman–Crippen LogP) is 3.83. The number of benzene rings is 2. The molecule has 2 aromatic rings. The van der Waals surface area contributed by atoms with Crippen molar-refractivity contribution in [3.05, 3.63) is 69.0 Å². The first kappa shape index (κ1) is 13.5. The summed E-state index contributed by atoms with van der Waals surface area (Å²) in [6.45, 7) is 0.228. The Hall–Kier alpha value is -2.43. The second-order valence-electron chi connectivity index (χ2n) is 5.20. The van der Waals surface area contributed by atoms with Crippen LogP contribution in [0.2, 0.25) is 0 Å². The number of anilines is 1. The maximum absolute atomic E-state index is 14.0. The highest BCUT2D eigenvalue weighted by Crippen LogP contribution is 2.26. The quantitative estimate of drug-likeness (QED) is 0.686. The Bertz CT molecular complexity index is 701. The number of hydrogen-bond acceptors (Lipinski definition) is 3. The van der Waals surface area contributed by atoms with Gasteiger partial charge in [-0.15, -0.1) is 0 Å². The summed E-state index contributed by atoms with van der Waals surface area (Å²) in [5.41, 5.74) is 3.44. The topological polar surface area (TPSA) is 55.2 Å². The molecule has 1 aliphatic rings. The zero-order valence-corrected chi connectivity index (χ0v) is 11.4. The lowest BCUT2D eigenvalue weighted by atomic mass is 10.1. The predicted molar refractivity (Wildman–Crippen MR) is 78.8 cm³/mol. The number of nitro benzene ring substituents is 1. The molecule has 0 radical (unpaired) electrons. The molecule has 4 nitrogen and oxygen atoms in total. The first-order valence-electron chi connectivity index (χ1n) is 6.92. The van der Waals surface area contributed by atoms with E-state index < -0.39 is 16.4 Å². The zero-order valence-electron chi connectivity index (χ0n) is 11.4. The van der Waals surface area contributed by atoms with E-state index in [-0.39, 0.29) is 6.54 Å². The number of aryl methyl sites for hydroxylation is 2. The van der Waals surface area contributed by atoms with Crippen molar-refractivity contribution < 1.29 is 9.31 Å². The van der Waals surface area contributed by atoms with E-state index in [1.807, 2.05) is 6.07 Å². The van der Waals surface area contributed by atoms with Crippen molar-refractivity contribution in [2.24, 2.45) is 0 Å². The first-order valence-corrected chi connectivity index (χ1v) is 6.92. The van der Waals surface area contributed by atoms with Gasteiger partial charge in [0.2, 0.25) is 5.82 Å². The van der Waals surface area contributed by atoms with Crippen LogP contribution in [0, 0.1) is 15.9 Å². The van der Waals surface area contributed by atoms with Crippen LogP contribution in [0.5, 0.6) is 0 Å². The van der Waals surface area contributed by atoms with Crippen LogP contribution in [0.25, 0.3) is 0 Å². The van der Waals surface area contributed by atoms with Crippen LogP contribution in [0.3, 0.4) is 0 Å². The van der Waals surface area contributed by atoms with E-state index in [0.717, 1.165) is 18.5 Å². The third-order valence-corrected chi connectivity index (χ3v) is 3.84. The number of hydrogen-bond donors (Lipinski definition) is 1. The van der Waals surface area contributed by atoms with E-state index in [1.165, 1.54) is 29.7 Å². The zero-order chi connectivity index (χ0) is 14.8. The van der Waals surface area contributed by atoms with Crippen LogP contribution in [0.1, 0.15) is 23.1 Å². The molecule has 21 heavy (non-hydrogen) atoms. The average molecular weight is 286 g/mol. The molecule has 1 aliphatic carbocycles. The fourth-order valence-corrected chi connectivity index (χ4v) is 2.72. The summed E-state index contributed by atoms with van der Waals surface area (Å²) in [7, 11) is 0. The maximum Gasteiger partial charge on any atom is 0.305 e. The van der Waals surface area contributed by atoms with Gasteiger partial charge in [0.1, 0.15) is 0 Å². The van der Waals surface area contributed by atoms with Crippen molar-refractivity contribution in [3.8, 4) is 0 Å². The van der Waals surface area contributed by atoms with E-state index in [4.69, 9.17) is 0 Å². The van der Waals surface area contributed by atoms with Crippen molar-refractivity contribution >= 4 is 11.4 Å². The Labute approximate surface area is 121 Å². The molecular weight excluding hydrogens is 271 g/mol. The maximum atomic E-state index is 14.0. The van der Waals surface area contributed by atoms with Gasteiger partial charge in [-0.1, -0.05) is 18.2 Å². The fraction of sp³-hybridized carbons (Fsp3) is 0.250. The highest BCUT2D eigenvalue weighted by Gasteiger charge is 2.17. The van der Waals surface area contributed by atoms with Gasteiger partial charge >= 0.3 is 5.69 Å². The summed E-state index contributed by atoms with van der Waals surface area (Å²) in [6.07, 6.45) is 3.38.